The molecule has 2 aliphatic rings. The molecule has 0 radical (unpaired) electrons. The van der Waals surface area contributed by atoms with Crippen molar-refractivity contribution in [2.24, 2.45) is 11.8 Å². The monoisotopic (exact) mass is 392 g/mol. The summed E-state index contributed by atoms with van der Waals surface area (Å²) in [4.78, 5) is 25.3. The Morgan fingerprint density at radius 1 is 1.43 bits per heavy atom. The third kappa shape index (κ3) is 3.42. The lowest BCUT2D eigenvalue weighted by atomic mass is 10.0. The maximum Gasteiger partial charge on any atom is 0.233 e. The van der Waals surface area contributed by atoms with Crippen molar-refractivity contribution in [3.63, 3.8) is 0 Å². The van der Waals surface area contributed by atoms with Crippen molar-refractivity contribution < 1.29 is 19.0 Å². The number of fused-ring (bicyclic) bond motifs is 1. The fourth-order valence-corrected chi connectivity index (χ4v) is 3.21. The number of halogens is 1. The van der Waals surface area contributed by atoms with Crippen LogP contribution in [0.15, 0.2) is 6.33 Å². The number of alkyl halides is 1. The highest BCUT2D eigenvalue weighted by atomic mass is 19.1. The number of carbonyl (C=O) groups is 1. The van der Waals surface area contributed by atoms with Gasteiger partial charge in [0, 0.05) is 17.9 Å². The Hall–Kier alpha value is -2.33. The molecule has 1 aliphatic heterocycles. The lowest BCUT2D eigenvalue weighted by Gasteiger charge is -2.16. The maximum atomic E-state index is 14.8. The van der Waals surface area contributed by atoms with Crippen LogP contribution in [0.5, 0.6) is 0 Å². The van der Waals surface area contributed by atoms with Crippen LogP contribution in [0.4, 0.5) is 16.2 Å². The number of imidazole rings is 1. The average Bonchev–Trinajstić information content (AvgIpc) is 3.31. The maximum absolute atomic E-state index is 14.8. The van der Waals surface area contributed by atoms with Crippen LogP contribution in [-0.4, -0.2) is 55.5 Å². The first-order valence-electron chi connectivity index (χ1n) is 9.61. The van der Waals surface area contributed by atoms with Gasteiger partial charge in [-0.25, -0.2) is 9.37 Å². The van der Waals surface area contributed by atoms with Crippen molar-refractivity contribution in [3.8, 4) is 0 Å². The Labute approximate surface area is 161 Å². The standard InChI is InChI=1S/C18H25FN6O3/c1-8(2)16(27)24-18-22-14(21-10-4-5-10)13-15(23-18)25(7-20-13)17-12(19)9(3)11(6-26)28-17/h7-12,17,26H,4-6H2,1-3H3,(H2,21,22,23,24,27)/t9-,11-,12-,17-/m1/s1. The number of carbonyl (C=O) groups excluding carboxylic acids is 1. The third-order valence-corrected chi connectivity index (χ3v) is 5.23. The SMILES string of the molecule is CC(C)C(=O)Nc1nc(NC2CC2)c2ncn([C@@H]3O[C@H](CO)[C@@H](C)[C@H]3F)c2n1. The van der Waals surface area contributed by atoms with Gasteiger partial charge >= 0.3 is 0 Å². The van der Waals surface area contributed by atoms with Gasteiger partial charge in [0.15, 0.2) is 29.4 Å². The van der Waals surface area contributed by atoms with Gasteiger partial charge in [-0.05, 0) is 12.8 Å². The zero-order chi connectivity index (χ0) is 20.0. The summed E-state index contributed by atoms with van der Waals surface area (Å²) in [5.74, 6) is -0.263. The van der Waals surface area contributed by atoms with E-state index in [2.05, 4.69) is 25.6 Å². The van der Waals surface area contributed by atoms with Crippen molar-refractivity contribution in [1.29, 1.82) is 0 Å². The highest BCUT2D eigenvalue weighted by Crippen LogP contribution is 2.38. The molecule has 1 saturated heterocycles. The van der Waals surface area contributed by atoms with Gasteiger partial charge < -0.3 is 15.2 Å². The van der Waals surface area contributed by atoms with Crippen LogP contribution in [0, 0.1) is 11.8 Å². The summed E-state index contributed by atoms with van der Waals surface area (Å²) >= 11 is 0. The normalized spacial score (nSPS) is 27.5. The Morgan fingerprint density at radius 2 is 2.18 bits per heavy atom. The molecule has 3 heterocycles. The first kappa shape index (κ1) is 19.0. The molecule has 0 bridgehead atoms. The molecule has 152 valence electrons. The Kier molecular flexibility index (Phi) is 4.92. The first-order valence-corrected chi connectivity index (χ1v) is 9.61. The van der Waals surface area contributed by atoms with Crippen molar-refractivity contribution in [2.75, 3.05) is 17.2 Å². The highest BCUT2D eigenvalue weighted by Gasteiger charge is 2.43. The zero-order valence-electron chi connectivity index (χ0n) is 16.1. The number of anilines is 2. The van der Waals surface area contributed by atoms with E-state index in [-0.39, 0.29) is 24.4 Å². The minimum absolute atomic E-state index is 0.135. The molecule has 2 aromatic rings. The number of aliphatic hydroxyl groups is 1. The third-order valence-electron chi connectivity index (χ3n) is 5.23. The molecule has 4 atom stereocenters. The summed E-state index contributed by atoms with van der Waals surface area (Å²) in [6.07, 6.45) is 0.674. The van der Waals surface area contributed by atoms with Crippen molar-refractivity contribution >= 4 is 28.8 Å². The molecule has 2 aromatic heterocycles. The second-order valence-corrected chi connectivity index (χ2v) is 7.83. The van der Waals surface area contributed by atoms with Gasteiger partial charge in [0.2, 0.25) is 11.9 Å². The lowest BCUT2D eigenvalue weighted by molar-refractivity contribution is -0.118. The molecule has 4 rings (SSSR count). The molecule has 3 N–H and O–H groups in total. The molecule has 2 fully saturated rings. The number of ether oxygens (including phenoxy) is 1. The van der Waals surface area contributed by atoms with Gasteiger partial charge in [0.25, 0.3) is 0 Å². The summed E-state index contributed by atoms with van der Waals surface area (Å²) in [6.45, 7) is 4.99. The van der Waals surface area contributed by atoms with E-state index < -0.39 is 24.4 Å². The molecule has 0 spiro atoms. The molecule has 1 saturated carbocycles. The summed E-state index contributed by atoms with van der Waals surface area (Å²) in [6, 6.07) is 0.312. The Bertz CT molecular complexity index is 884. The van der Waals surface area contributed by atoms with Gasteiger partial charge in [-0.3, -0.25) is 14.7 Å². The molecule has 10 heteroatoms. The van der Waals surface area contributed by atoms with Crippen LogP contribution in [0.1, 0.15) is 39.8 Å². The van der Waals surface area contributed by atoms with E-state index in [0.717, 1.165) is 12.8 Å². The molecule has 1 amide bonds. The summed E-state index contributed by atoms with van der Waals surface area (Å²) in [7, 11) is 0. The van der Waals surface area contributed by atoms with Crippen LogP contribution in [0.25, 0.3) is 11.2 Å². The minimum atomic E-state index is -1.32. The quantitative estimate of drug-likeness (QED) is 0.687. The van der Waals surface area contributed by atoms with E-state index >= 15 is 0 Å². The fourth-order valence-electron chi connectivity index (χ4n) is 3.21. The number of nitrogens with zero attached hydrogens (tertiary/aromatic N) is 4. The number of rotatable bonds is 6. The van der Waals surface area contributed by atoms with Crippen molar-refractivity contribution in [1.82, 2.24) is 19.5 Å². The first-order chi connectivity index (χ1) is 13.4. The zero-order valence-corrected chi connectivity index (χ0v) is 16.1. The number of hydrogen-bond acceptors (Lipinski definition) is 7. The van der Waals surface area contributed by atoms with Gasteiger partial charge in [-0.2, -0.15) is 9.97 Å². The largest absolute Gasteiger partial charge is 0.394 e. The predicted octanol–water partition coefficient (Wildman–Crippen LogP) is 1.86. The molecule has 1 aliphatic carbocycles. The van der Waals surface area contributed by atoms with Gasteiger partial charge in [0.05, 0.1) is 19.0 Å². The number of amides is 1. The smallest absolute Gasteiger partial charge is 0.233 e. The molecule has 0 unspecified atom stereocenters. The van der Waals surface area contributed by atoms with Crippen LogP contribution >= 0.6 is 0 Å². The van der Waals surface area contributed by atoms with Crippen LogP contribution in [0.2, 0.25) is 0 Å². The molecular weight excluding hydrogens is 367 g/mol. The van der Waals surface area contributed by atoms with E-state index in [4.69, 9.17) is 4.74 Å². The van der Waals surface area contributed by atoms with Gasteiger partial charge in [0.1, 0.15) is 0 Å². The summed E-state index contributed by atoms with van der Waals surface area (Å²) in [5, 5.41) is 15.4. The van der Waals surface area contributed by atoms with E-state index in [1.807, 2.05) is 0 Å². The Balaban J connectivity index is 1.74. The van der Waals surface area contributed by atoms with Gasteiger partial charge in [-0.15, -0.1) is 0 Å². The van der Waals surface area contributed by atoms with Crippen molar-refractivity contribution in [3.05, 3.63) is 6.33 Å². The van der Waals surface area contributed by atoms with Crippen LogP contribution in [-0.2, 0) is 9.53 Å². The van der Waals surface area contributed by atoms with E-state index in [9.17, 15) is 14.3 Å². The summed E-state index contributed by atoms with van der Waals surface area (Å²) in [5.41, 5.74) is 0.862. The topological polar surface area (TPSA) is 114 Å². The second kappa shape index (κ2) is 7.25. The lowest BCUT2D eigenvalue weighted by Crippen LogP contribution is -2.22. The van der Waals surface area contributed by atoms with Crippen LogP contribution in [0.3, 0.4) is 0 Å². The van der Waals surface area contributed by atoms with Gasteiger partial charge in [-0.1, -0.05) is 20.8 Å². The van der Waals surface area contributed by atoms with E-state index in [1.54, 1.807) is 20.8 Å². The number of nitrogens with one attached hydrogen (secondary N) is 2. The molecule has 28 heavy (non-hydrogen) atoms. The molecule has 9 nitrogen and oxygen atoms in total. The van der Waals surface area contributed by atoms with Crippen LogP contribution < -0.4 is 10.6 Å². The minimum Gasteiger partial charge on any atom is -0.394 e. The number of aliphatic hydroxyl groups excluding tert-OH is 1. The van der Waals surface area contributed by atoms with E-state index in [0.29, 0.717) is 23.0 Å². The van der Waals surface area contributed by atoms with Crippen molar-refractivity contribution in [2.45, 2.75) is 58.2 Å². The summed E-state index contributed by atoms with van der Waals surface area (Å²) < 4.78 is 22.1. The average molecular weight is 392 g/mol. The number of hydrogen-bond donors (Lipinski definition) is 3. The highest BCUT2D eigenvalue weighted by molar-refractivity contribution is 5.92. The fraction of sp³-hybridized carbons (Fsp3) is 0.667. The second-order valence-electron chi connectivity index (χ2n) is 7.83. The van der Waals surface area contributed by atoms with E-state index in [1.165, 1.54) is 10.9 Å². The molecule has 0 aromatic carbocycles. The Morgan fingerprint density at radius 3 is 2.79 bits per heavy atom. The number of aromatic nitrogens is 4. The predicted molar refractivity (Wildman–Crippen MR) is 100 cm³/mol. The molecular formula is C18H25FN6O3.